The summed E-state index contributed by atoms with van der Waals surface area (Å²) in [4.78, 5) is 20.5. The Morgan fingerprint density at radius 3 is 2.61 bits per heavy atom. The molecule has 23 heavy (non-hydrogen) atoms. The summed E-state index contributed by atoms with van der Waals surface area (Å²) in [7, 11) is 0. The highest BCUT2D eigenvalue weighted by Crippen LogP contribution is 2.19. The molecule has 0 saturated carbocycles. The lowest BCUT2D eigenvalue weighted by molar-refractivity contribution is 0.102. The van der Waals surface area contributed by atoms with Crippen molar-refractivity contribution in [3.05, 3.63) is 77.3 Å². The number of nitrogens with one attached hydrogen (secondary N) is 1. The van der Waals surface area contributed by atoms with Crippen molar-refractivity contribution >= 4 is 23.3 Å². The molecule has 1 amide bonds. The fourth-order valence-corrected chi connectivity index (χ4v) is 2.16. The number of halogens is 2. The predicted molar refractivity (Wildman–Crippen MR) is 86.8 cm³/mol. The van der Waals surface area contributed by atoms with Crippen molar-refractivity contribution in [1.82, 2.24) is 9.97 Å². The van der Waals surface area contributed by atoms with Gasteiger partial charge in [-0.15, -0.1) is 0 Å². The zero-order valence-electron chi connectivity index (χ0n) is 11.8. The second-order valence-corrected chi connectivity index (χ2v) is 5.14. The Morgan fingerprint density at radius 1 is 1.09 bits per heavy atom. The van der Waals surface area contributed by atoms with Crippen LogP contribution in [0.25, 0.3) is 11.3 Å². The zero-order chi connectivity index (χ0) is 16.2. The highest BCUT2D eigenvalue weighted by Gasteiger charge is 2.10. The van der Waals surface area contributed by atoms with Gasteiger partial charge in [-0.1, -0.05) is 17.7 Å². The minimum Gasteiger partial charge on any atom is -0.307 e. The van der Waals surface area contributed by atoms with Gasteiger partial charge >= 0.3 is 0 Å². The van der Waals surface area contributed by atoms with Gasteiger partial charge < -0.3 is 5.32 Å². The molecule has 0 fully saturated rings. The SMILES string of the molecule is O=C(Nc1ccc(-c2ccccn2)cn1)c1ccc(F)c(Cl)c1. The molecular weight excluding hydrogens is 317 g/mol. The smallest absolute Gasteiger partial charge is 0.256 e. The van der Waals surface area contributed by atoms with Crippen molar-refractivity contribution in [3.63, 3.8) is 0 Å². The molecule has 0 unspecified atom stereocenters. The van der Waals surface area contributed by atoms with Crippen molar-refractivity contribution in [2.45, 2.75) is 0 Å². The minimum absolute atomic E-state index is 0.101. The minimum atomic E-state index is -0.568. The van der Waals surface area contributed by atoms with Gasteiger partial charge in [0.2, 0.25) is 0 Å². The molecule has 2 heterocycles. The summed E-state index contributed by atoms with van der Waals surface area (Å²) in [5.74, 6) is -0.596. The number of carbonyl (C=O) groups is 1. The lowest BCUT2D eigenvalue weighted by atomic mass is 10.2. The van der Waals surface area contributed by atoms with Gasteiger partial charge in [0.1, 0.15) is 11.6 Å². The number of hydrogen-bond donors (Lipinski definition) is 1. The monoisotopic (exact) mass is 327 g/mol. The van der Waals surface area contributed by atoms with Gasteiger partial charge in [0, 0.05) is 23.5 Å². The second-order valence-electron chi connectivity index (χ2n) is 4.73. The van der Waals surface area contributed by atoms with Crippen LogP contribution in [0.1, 0.15) is 10.4 Å². The third kappa shape index (κ3) is 3.52. The fraction of sp³-hybridized carbons (Fsp3) is 0. The number of anilines is 1. The maximum atomic E-state index is 13.1. The lowest BCUT2D eigenvalue weighted by Gasteiger charge is -2.06. The molecule has 3 rings (SSSR count). The Kier molecular flexibility index (Phi) is 4.30. The van der Waals surface area contributed by atoms with E-state index in [1.165, 1.54) is 12.1 Å². The highest BCUT2D eigenvalue weighted by molar-refractivity contribution is 6.31. The van der Waals surface area contributed by atoms with E-state index < -0.39 is 11.7 Å². The summed E-state index contributed by atoms with van der Waals surface area (Å²) in [6.07, 6.45) is 3.32. The van der Waals surface area contributed by atoms with Crippen LogP contribution in [-0.4, -0.2) is 15.9 Å². The first-order valence-electron chi connectivity index (χ1n) is 6.77. The zero-order valence-corrected chi connectivity index (χ0v) is 12.6. The number of pyridine rings is 2. The molecular formula is C17H11ClFN3O. The first-order chi connectivity index (χ1) is 11.1. The number of amides is 1. The Bertz CT molecular complexity index is 838. The van der Waals surface area contributed by atoms with E-state index in [1.807, 2.05) is 24.3 Å². The number of nitrogens with zero attached hydrogens (tertiary/aromatic N) is 2. The number of benzene rings is 1. The Hall–Kier alpha value is -2.79. The van der Waals surface area contributed by atoms with Crippen LogP contribution in [0.2, 0.25) is 5.02 Å². The molecule has 2 aromatic heterocycles. The molecule has 1 aromatic carbocycles. The Labute approximate surface area is 137 Å². The number of hydrogen-bond acceptors (Lipinski definition) is 3. The van der Waals surface area contributed by atoms with Gasteiger partial charge in [-0.05, 0) is 42.5 Å². The van der Waals surface area contributed by atoms with Crippen LogP contribution in [0.15, 0.2) is 60.9 Å². The first kappa shape index (κ1) is 15.1. The molecule has 0 atom stereocenters. The molecule has 114 valence electrons. The Morgan fingerprint density at radius 2 is 1.96 bits per heavy atom. The van der Waals surface area contributed by atoms with Crippen molar-refractivity contribution in [3.8, 4) is 11.3 Å². The standard InChI is InChI=1S/C17H11ClFN3O/c18-13-9-11(4-6-14(13)19)17(23)22-16-7-5-12(10-21-16)15-3-1-2-8-20-15/h1-10H,(H,21,22,23). The molecule has 1 N–H and O–H groups in total. The van der Waals surface area contributed by atoms with Crippen molar-refractivity contribution in [2.24, 2.45) is 0 Å². The third-order valence-corrected chi connectivity index (χ3v) is 3.44. The third-order valence-electron chi connectivity index (χ3n) is 3.15. The van der Waals surface area contributed by atoms with Crippen LogP contribution >= 0.6 is 11.6 Å². The van der Waals surface area contributed by atoms with E-state index >= 15 is 0 Å². The summed E-state index contributed by atoms with van der Waals surface area (Å²) in [6.45, 7) is 0. The molecule has 0 saturated heterocycles. The maximum Gasteiger partial charge on any atom is 0.256 e. The summed E-state index contributed by atoms with van der Waals surface area (Å²) >= 11 is 5.67. The van der Waals surface area contributed by atoms with Crippen LogP contribution in [0.3, 0.4) is 0 Å². The molecule has 0 aliphatic rings. The van der Waals surface area contributed by atoms with Gasteiger partial charge in [-0.3, -0.25) is 9.78 Å². The van der Waals surface area contributed by atoms with Crippen LogP contribution in [-0.2, 0) is 0 Å². The van der Waals surface area contributed by atoms with E-state index in [1.54, 1.807) is 18.5 Å². The molecule has 0 spiro atoms. The molecule has 6 heteroatoms. The summed E-state index contributed by atoms with van der Waals surface area (Å²) in [5, 5.41) is 2.53. The van der Waals surface area contributed by atoms with E-state index in [9.17, 15) is 9.18 Å². The summed E-state index contributed by atoms with van der Waals surface area (Å²) in [5.41, 5.74) is 1.89. The average molecular weight is 328 g/mol. The lowest BCUT2D eigenvalue weighted by Crippen LogP contribution is -2.13. The number of rotatable bonds is 3. The molecule has 0 bridgehead atoms. The molecule has 0 aliphatic carbocycles. The van der Waals surface area contributed by atoms with Crippen molar-refractivity contribution < 1.29 is 9.18 Å². The molecule has 4 nitrogen and oxygen atoms in total. The van der Waals surface area contributed by atoms with Gasteiger partial charge in [0.05, 0.1) is 10.7 Å². The van der Waals surface area contributed by atoms with Crippen LogP contribution in [0, 0.1) is 5.82 Å². The quantitative estimate of drug-likeness (QED) is 0.784. The average Bonchev–Trinajstić information content (AvgIpc) is 2.59. The van der Waals surface area contributed by atoms with Crippen LogP contribution in [0.4, 0.5) is 10.2 Å². The number of carbonyl (C=O) groups excluding carboxylic acids is 1. The van der Waals surface area contributed by atoms with Gasteiger partial charge in [0.25, 0.3) is 5.91 Å². The second kappa shape index (κ2) is 6.54. The summed E-state index contributed by atoms with van der Waals surface area (Å²) < 4.78 is 13.1. The van der Waals surface area contributed by atoms with Crippen molar-refractivity contribution in [1.29, 1.82) is 0 Å². The topological polar surface area (TPSA) is 54.9 Å². The molecule has 0 radical (unpaired) electrons. The van der Waals surface area contributed by atoms with Gasteiger partial charge in [0.15, 0.2) is 0 Å². The molecule has 3 aromatic rings. The Balaban J connectivity index is 1.75. The van der Waals surface area contributed by atoms with E-state index in [0.717, 1.165) is 17.3 Å². The van der Waals surface area contributed by atoms with Crippen LogP contribution < -0.4 is 5.32 Å². The fourth-order valence-electron chi connectivity index (χ4n) is 1.98. The predicted octanol–water partition coefficient (Wildman–Crippen LogP) is 4.19. The largest absolute Gasteiger partial charge is 0.307 e. The maximum absolute atomic E-state index is 13.1. The van der Waals surface area contributed by atoms with E-state index in [0.29, 0.717) is 5.82 Å². The van der Waals surface area contributed by atoms with Crippen LogP contribution in [0.5, 0.6) is 0 Å². The van der Waals surface area contributed by atoms with E-state index in [4.69, 9.17) is 11.6 Å². The summed E-state index contributed by atoms with van der Waals surface area (Å²) in [6, 6.07) is 12.9. The van der Waals surface area contributed by atoms with E-state index in [-0.39, 0.29) is 10.6 Å². The highest BCUT2D eigenvalue weighted by atomic mass is 35.5. The van der Waals surface area contributed by atoms with Gasteiger partial charge in [-0.2, -0.15) is 0 Å². The first-order valence-corrected chi connectivity index (χ1v) is 7.15. The molecule has 0 aliphatic heterocycles. The van der Waals surface area contributed by atoms with Crippen molar-refractivity contribution in [2.75, 3.05) is 5.32 Å². The van der Waals surface area contributed by atoms with E-state index in [2.05, 4.69) is 15.3 Å². The number of aromatic nitrogens is 2. The normalized spacial score (nSPS) is 10.3. The van der Waals surface area contributed by atoms with Gasteiger partial charge in [-0.25, -0.2) is 9.37 Å².